The zero-order valence-corrected chi connectivity index (χ0v) is 13.7. The van der Waals surface area contributed by atoms with E-state index < -0.39 is 10.0 Å². The lowest BCUT2D eigenvalue weighted by molar-refractivity contribution is 0.317. The number of nitrogens with one attached hydrogen (secondary N) is 1. The largest absolute Gasteiger partial charge is 0.492 e. The standard InChI is InChI=1S/C15H17ClN2O3S/c1-2-8-21-15-9-13(5-6-14(15)16)22(19,20)18-11-12-4-3-7-17-10-12/h3-7,9-10,18H,2,8,11H2,1H3. The van der Waals surface area contributed by atoms with E-state index in [1.165, 1.54) is 18.2 Å². The molecule has 0 atom stereocenters. The Kier molecular flexibility index (Phi) is 5.76. The maximum Gasteiger partial charge on any atom is 0.241 e. The lowest BCUT2D eigenvalue weighted by Gasteiger charge is -2.10. The highest BCUT2D eigenvalue weighted by atomic mass is 35.5. The van der Waals surface area contributed by atoms with Crippen molar-refractivity contribution in [3.05, 3.63) is 53.3 Å². The van der Waals surface area contributed by atoms with Crippen LogP contribution in [-0.2, 0) is 16.6 Å². The van der Waals surface area contributed by atoms with Crippen LogP contribution in [0.1, 0.15) is 18.9 Å². The number of nitrogens with zero attached hydrogens (tertiary/aromatic N) is 1. The van der Waals surface area contributed by atoms with Crippen LogP contribution in [0.15, 0.2) is 47.6 Å². The molecule has 0 bridgehead atoms. The molecule has 1 aromatic heterocycles. The van der Waals surface area contributed by atoms with Crippen molar-refractivity contribution in [2.45, 2.75) is 24.8 Å². The van der Waals surface area contributed by atoms with Crippen LogP contribution in [0.3, 0.4) is 0 Å². The second-order valence-corrected chi connectivity index (χ2v) is 6.80. The minimum atomic E-state index is -3.64. The Hall–Kier alpha value is -1.63. The molecule has 0 unspecified atom stereocenters. The van der Waals surface area contributed by atoms with E-state index in [-0.39, 0.29) is 11.4 Å². The number of benzene rings is 1. The van der Waals surface area contributed by atoms with Crippen molar-refractivity contribution < 1.29 is 13.2 Å². The molecule has 0 amide bonds. The fourth-order valence-corrected chi connectivity index (χ4v) is 2.94. The Morgan fingerprint density at radius 2 is 2.14 bits per heavy atom. The summed E-state index contributed by atoms with van der Waals surface area (Å²) in [5.41, 5.74) is 0.780. The van der Waals surface area contributed by atoms with Crippen LogP contribution in [0, 0.1) is 0 Å². The third-order valence-corrected chi connectivity index (χ3v) is 4.57. The summed E-state index contributed by atoms with van der Waals surface area (Å²) in [6.07, 6.45) is 4.06. The molecule has 0 aliphatic carbocycles. The van der Waals surface area contributed by atoms with E-state index in [9.17, 15) is 8.42 Å². The molecule has 0 fully saturated rings. The molecule has 1 N–H and O–H groups in total. The van der Waals surface area contributed by atoms with Crippen LogP contribution in [0.2, 0.25) is 5.02 Å². The predicted molar refractivity (Wildman–Crippen MR) is 85.5 cm³/mol. The summed E-state index contributed by atoms with van der Waals surface area (Å²) in [5, 5.41) is 0.389. The number of halogens is 1. The zero-order chi connectivity index (χ0) is 16.0. The van der Waals surface area contributed by atoms with E-state index in [0.29, 0.717) is 17.4 Å². The molecule has 2 rings (SSSR count). The SMILES string of the molecule is CCCOc1cc(S(=O)(=O)NCc2cccnc2)ccc1Cl. The van der Waals surface area contributed by atoms with E-state index in [1.807, 2.05) is 6.92 Å². The van der Waals surface area contributed by atoms with Gasteiger partial charge < -0.3 is 4.74 Å². The average Bonchev–Trinajstić information content (AvgIpc) is 2.53. The molecule has 0 saturated carbocycles. The number of ether oxygens (including phenoxy) is 1. The smallest absolute Gasteiger partial charge is 0.241 e. The van der Waals surface area contributed by atoms with Crippen LogP contribution < -0.4 is 9.46 Å². The van der Waals surface area contributed by atoms with Crippen LogP contribution in [0.4, 0.5) is 0 Å². The first kappa shape index (κ1) is 16.7. The topological polar surface area (TPSA) is 68.3 Å². The van der Waals surface area contributed by atoms with Crippen molar-refractivity contribution in [3.8, 4) is 5.75 Å². The molecular formula is C15H17ClN2O3S. The Labute approximate surface area is 135 Å². The third kappa shape index (κ3) is 4.43. The first-order valence-electron chi connectivity index (χ1n) is 6.84. The van der Waals surface area contributed by atoms with Crippen LogP contribution in [0.5, 0.6) is 5.75 Å². The summed E-state index contributed by atoms with van der Waals surface area (Å²) >= 11 is 6.01. The van der Waals surface area contributed by atoms with Gasteiger partial charge in [0.1, 0.15) is 5.75 Å². The number of aromatic nitrogens is 1. The van der Waals surface area contributed by atoms with E-state index in [4.69, 9.17) is 16.3 Å². The molecule has 0 aliphatic rings. The highest BCUT2D eigenvalue weighted by Crippen LogP contribution is 2.27. The summed E-state index contributed by atoms with van der Waals surface area (Å²) in [7, 11) is -3.64. The monoisotopic (exact) mass is 340 g/mol. The Balaban J connectivity index is 2.15. The van der Waals surface area contributed by atoms with Gasteiger partial charge in [-0.1, -0.05) is 24.6 Å². The summed E-state index contributed by atoms with van der Waals surface area (Å²) in [4.78, 5) is 4.06. The lowest BCUT2D eigenvalue weighted by Crippen LogP contribution is -2.23. The number of sulfonamides is 1. The maximum absolute atomic E-state index is 12.3. The van der Waals surface area contributed by atoms with Crippen molar-refractivity contribution in [2.24, 2.45) is 0 Å². The summed E-state index contributed by atoms with van der Waals surface area (Å²) in [6.45, 7) is 2.61. The van der Waals surface area contributed by atoms with Crippen LogP contribution in [-0.4, -0.2) is 20.0 Å². The lowest BCUT2D eigenvalue weighted by atomic mass is 10.3. The Morgan fingerprint density at radius 1 is 1.32 bits per heavy atom. The third-order valence-electron chi connectivity index (χ3n) is 2.86. The molecule has 0 aliphatic heterocycles. The molecule has 2 aromatic rings. The fourth-order valence-electron chi connectivity index (χ4n) is 1.74. The normalized spacial score (nSPS) is 11.4. The predicted octanol–water partition coefficient (Wildman–Crippen LogP) is 3.00. The first-order valence-corrected chi connectivity index (χ1v) is 8.70. The molecule has 22 heavy (non-hydrogen) atoms. The maximum atomic E-state index is 12.3. The van der Waals surface area contributed by atoms with Gasteiger partial charge in [0.05, 0.1) is 16.5 Å². The first-order chi connectivity index (χ1) is 10.5. The van der Waals surface area contributed by atoms with Crippen molar-refractivity contribution in [3.63, 3.8) is 0 Å². The fraction of sp³-hybridized carbons (Fsp3) is 0.267. The molecule has 7 heteroatoms. The Bertz CT molecular complexity index is 721. The summed E-state index contributed by atoms with van der Waals surface area (Å²) in [5.74, 6) is 0.368. The molecule has 1 aromatic carbocycles. The van der Waals surface area contributed by atoms with Gasteiger partial charge in [0.15, 0.2) is 0 Å². The van der Waals surface area contributed by atoms with Crippen molar-refractivity contribution in [1.82, 2.24) is 9.71 Å². The summed E-state index contributed by atoms with van der Waals surface area (Å²) < 4.78 is 32.6. The molecule has 0 spiro atoms. The molecule has 0 radical (unpaired) electrons. The van der Waals surface area contributed by atoms with E-state index in [0.717, 1.165) is 12.0 Å². The van der Waals surface area contributed by atoms with Gasteiger partial charge in [0.2, 0.25) is 10.0 Å². The molecule has 118 valence electrons. The van der Waals surface area contributed by atoms with Gasteiger partial charge >= 0.3 is 0 Å². The van der Waals surface area contributed by atoms with Crippen molar-refractivity contribution in [2.75, 3.05) is 6.61 Å². The van der Waals surface area contributed by atoms with Crippen LogP contribution >= 0.6 is 11.6 Å². The quantitative estimate of drug-likeness (QED) is 0.841. The molecular weight excluding hydrogens is 324 g/mol. The Morgan fingerprint density at radius 3 is 2.82 bits per heavy atom. The second kappa shape index (κ2) is 7.58. The zero-order valence-electron chi connectivity index (χ0n) is 12.1. The van der Waals surface area contributed by atoms with Gasteiger partial charge in [-0.15, -0.1) is 0 Å². The minimum Gasteiger partial charge on any atom is -0.492 e. The van der Waals surface area contributed by atoms with E-state index >= 15 is 0 Å². The van der Waals surface area contributed by atoms with Gasteiger partial charge in [0, 0.05) is 25.0 Å². The number of hydrogen-bond donors (Lipinski definition) is 1. The van der Waals surface area contributed by atoms with E-state index in [2.05, 4.69) is 9.71 Å². The molecule has 5 nitrogen and oxygen atoms in total. The van der Waals surface area contributed by atoms with Gasteiger partial charge in [-0.25, -0.2) is 13.1 Å². The van der Waals surface area contributed by atoms with Gasteiger partial charge in [0.25, 0.3) is 0 Å². The van der Waals surface area contributed by atoms with Crippen LogP contribution in [0.25, 0.3) is 0 Å². The highest BCUT2D eigenvalue weighted by Gasteiger charge is 2.16. The molecule has 0 saturated heterocycles. The van der Waals surface area contributed by atoms with Crippen molar-refractivity contribution >= 4 is 21.6 Å². The molecule has 1 heterocycles. The average molecular weight is 341 g/mol. The van der Waals surface area contributed by atoms with Gasteiger partial charge in [-0.3, -0.25) is 4.98 Å². The van der Waals surface area contributed by atoms with Gasteiger partial charge in [-0.2, -0.15) is 0 Å². The van der Waals surface area contributed by atoms with E-state index in [1.54, 1.807) is 24.5 Å². The minimum absolute atomic E-state index is 0.117. The second-order valence-electron chi connectivity index (χ2n) is 4.63. The number of pyridine rings is 1. The van der Waals surface area contributed by atoms with Crippen molar-refractivity contribution in [1.29, 1.82) is 0 Å². The highest BCUT2D eigenvalue weighted by molar-refractivity contribution is 7.89. The number of hydrogen-bond acceptors (Lipinski definition) is 4. The van der Waals surface area contributed by atoms with Gasteiger partial charge in [-0.05, 0) is 30.2 Å². The number of rotatable bonds is 7. The summed E-state index contributed by atoms with van der Waals surface area (Å²) in [6, 6.07) is 7.96.